The molecule has 1 saturated heterocycles. The van der Waals surface area contributed by atoms with Crippen LogP contribution in [0.3, 0.4) is 0 Å². The van der Waals surface area contributed by atoms with Crippen molar-refractivity contribution in [3.63, 3.8) is 0 Å². The van der Waals surface area contributed by atoms with E-state index >= 15 is 0 Å². The van der Waals surface area contributed by atoms with Gasteiger partial charge in [-0.15, -0.1) is 0 Å². The Morgan fingerprint density at radius 3 is 2.41 bits per heavy atom. The lowest BCUT2D eigenvalue weighted by atomic mass is 10.1. The number of hydrogen-bond acceptors (Lipinski definition) is 2. The quantitative estimate of drug-likeness (QED) is 0.839. The van der Waals surface area contributed by atoms with Gasteiger partial charge in [-0.25, -0.2) is 0 Å². The molecule has 2 rings (SSSR count). The minimum Gasteiger partial charge on any atom is -0.369 e. The summed E-state index contributed by atoms with van der Waals surface area (Å²) in [4.78, 5) is 1.92. The Balaban J connectivity index is 2.30. The Hall–Kier alpha value is -0.940. The summed E-state index contributed by atoms with van der Waals surface area (Å²) in [5, 5.41) is 2.90. The van der Waals surface area contributed by atoms with Crippen LogP contribution in [-0.4, -0.2) is 26.2 Å². The van der Waals surface area contributed by atoms with Crippen LogP contribution in [0.2, 0.25) is 5.02 Å². The number of nitrogens with zero attached hydrogens (tertiary/aromatic N) is 1. The molecule has 1 heterocycles. The summed E-state index contributed by atoms with van der Waals surface area (Å²) in [5.74, 6) is 0. The Bertz CT molecular complexity index is 400. The van der Waals surface area contributed by atoms with Crippen molar-refractivity contribution in [2.24, 2.45) is 0 Å². The van der Waals surface area contributed by atoms with Gasteiger partial charge >= 0.3 is 6.18 Å². The lowest BCUT2D eigenvalue weighted by Crippen LogP contribution is -2.43. The molecule has 1 aromatic rings. The van der Waals surface area contributed by atoms with Gasteiger partial charge in [0.25, 0.3) is 0 Å². The van der Waals surface area contributed by atoms with Gasteiger partial charge in [-0.2, -0.15) is 13.2 Å². The second-order valence-electron chi connectivity index (χ2n) is 3.90. The molecule has 1 aliphatic rings. The second kappa shape index (κ2) is 4.74. The number of rotatable bonds is 1. The number of piperazine rings is 1. The molecular formula is C11H12ClF3N2. The van der Waals surface area contributed by atoms with E-state index in [2.05, 4.69) is 5.32 Å². The van der Waals surface area contributed by atoms with Crippen LogP contribution in [0.15, 0.2) is 18.2 Å². The molecule has 0 unspecified atom stereocenters. The SMILES string of the molecule is FC(F)(F)c1cc(N2CCNCC2)ccc1Cl. The summed E-state index contributed by atoms with van der Waals surface area (Å²) in [7, 11) is 0. The second-order valence-corrected chi connectivity index (χ2v) is 4.31. The van der Waals surface area contributed by atoms with Gasteiger partial charge in [-0.1, -0.05) is 11.6 Å². The van der Waals surface area contributed by atoms with E-state index in [-0.39, 0.29) is 5.02 Å². The van der Waals surface area contributed by atoms with Crippen molar-refractivity contribution < 1.29 is 13.2 Å². The number of anilines is 1. The first kappa shape index (κ1) is 12.5. The van der Waals surface area contributed by atoms with Crippen molar-refractivity contribution in [1.29, 1.82) is 0 Å². The van der Waals surface area contributed by atoms with Gasteiger partial charge in [0.05, 0.1) is 10.6 Å². The van der Waals surface area contributed by atoms with Gasteiger partial charge < -0.3 is 10.2 Å². The number of nitrogens with one attached hydrogen (secondary N) is 1. The van der Waals surface area contributed by atoms with Crippen LogP contribution in [0.5, 0.6) is 0 Å². The molecule has 1 fully saturated rings. The van der Waals surface area contributed by atoms with E-state index in [1.165, 1.54) is 6.07 Å². The molecule has 0 radical (unpaired) electrons. The monoisotopic (exact) mass is 264 g/mol. The highest BCUT2D eigenvalue weighted by Crippen LogP contribution is 2.36. The maximum Gasteiger partial charge on any atom is 0.417 e. The van der Waals surface area contributed by atoms with Crippen molar-refractivity contribution >= 4 is 17.3 Å². The molecule has 1 aromatic carbocycles. The smallest absolute Gasteiger partial charge is 0.369 e. The van der Waals surface area contributed by atoms with Crippen molar-refractivity contribution in [2.45, 2.75) is 6.18 Å². The van der Waals surface area contributed by atoms with E-state index in [0.717, 1.165) is 19.2 Å². The Kier molecular flexibility index (Phi) is 3.49. The van der Waals surface area contributed by atoms with E-state index in [4.69, 9.17) is 11.6 Å². The molecule has 0 aromatic heterocycles. The first-order valence-corrected chi connectivity index (χ1v) is 5.69. The van der Waals surface area contributed by atoms with Crippen molar-refractivity contribution in [3.8, 4) is 0 Å². The Labute approximate surface area is 102 Å². The summed E-state index contributed by atoms with van der Waals surface area (Å²) in [5.41, 5.74) is -0.196. The third-order valence-electron chi connectivity index (χ3n) is 2.74. The third-order valence-corrected chi connectivity index (χ3v) is 3.07. The van der Waals surface area contributed by atoms with Crippen LogP contribution >= 0.6 is 11.6 Å². The number of halogens is 4. The molecule has 0 aliphatic carbocycles. The largest absolute Gasteiger partial charge is 0.417 e. The van der Waals surface area contributed by atoms with Crippen LogP contribution in [0, 0.1) is 0 Å². The molecule has 0 amide bonds. The summed E-state index contributed by atoms with van der Waals surface area (Å²) in [6.45, 7) is 2.98. The highest BCUT2D eigenvalue weighted by Gasteiger charge is 2.33. The zero-order valence-corrected chi connectivity index (χ0v) is 9.78. The molecule has 0 saturated carbocycles. The zero-order chi connectivity index (χ0) is 12.5. The highest BCUT2D eigenvalue weighted by molar-refractivity contribution is 6.31. The lowest BCUT2D eigenvalue weighted by Gasteiger charge is -2.30. The van der Waals surface area contributed by atoms with Gasteiger partial charge in [-0.05, 0) is 18.2 Å². The van der Waals surface area contributed by atoms with E-state index in [1.54, 1.807) is 6.07 Å². The summed E-state index contributed by atoms with van der Waals surface area (Å²) in [6, 6.07) is 4.05. The van der Waals surface area contributed by atoms with Crippen LogP contribution < -0.4 is 10.2 Å². The summed E-state index contributed by atoms with van der Waals surface area (Å²) in [6.07, 6.45) is -4.40. The van der Waals surface area contributed by atoms with Crippen molar-refractivity contribution in [1.82, 2.24) is 5.32 Å². The van der Waals surface area contributed by atoms with E-state index < -0.39 is 11.7 Å². The first-order valence-electron chi connectivity index (χ1n) is 5.31. The normalized spacial score (nSPS) is 17.3. The summed E-state index contributed by atoms with van der Waals surface area (Å²) >= 11 is 5.57. The molecule has 1 aliphatic heterocycles. The average Bonchev–Trinajstić information content (AvgIpc) is 2.29. The number of hydrogen-bond donors (Lipinski definition) is 1. The third kappa shape index (κ3) is 2.84. The molecule has 0 atom stereocenters. The van der Waals surface area contributed by atoms with Crippen LogP contribution in [0.1, 0.15) is 5.56 Å². The van der Waals surface area contributed by atoms with Crippen LogP contribution in [-0.2, 0) is 6.18 Å². The predicted molar refractivity (Wildman–Crippen MR) is 61.5 cm³/mol. The maximum atomic E-state index is 12.7. The van der Waals surface area contributed by atoms with E-state index in [1.807, 2.05) is 4.90 Å². The zero-order valence-electron chi connectivity index (χ0n) is 9.02. The van der Waals surface area contributed by atoms with Gasteiger partial charge in [-0.3, -0.25) is 0 Å². The van der Waals surface area contributed by atoms with Crippen molar-refractivity contribution in [2.75, 3.05) is 31.1 Å². The fourth-order valence-corrected chi connectivity index (χ4v) is 2.07. The maximum absolute atomic E-state index is 12.7. The Morgan fingerprint density at radius 1 is 1.18 bits per heavy atom. The number of benzene rings is 1. The fourth-order valence-electron chi connectivity index (χ4n) is 1.85. The lowest BCUT2D eigenvalue weighted by molar-refractivity contribution is -0.137. The molecule has 0 bridgehead atoms. The predicted octanol–water partition coefficient (Wildman–Crippen LogP) is 2.77. The standard InChI is InChI=1S/C11H12ClF3N2/c12-10-2-1-8(7-9(10)11(13,14)15)17-5-3-16-4-6-17/h1-2,7,16H,3-6H2. The van der Waals surface area contributed by atoms with E-state index in [9.17, 15) is 13.2 Å². The first-order chi connectivity index (χ1) is 7.98. The topological polar surface area (TPSA) is 15.3 Å². The average molecular weight is 265 g/mol. The van der Waals surface area contributed by atoms with E-state index in [0.29, 0.717) is 18.8 Å². The van der Waals surface area contributed by atoms with Crippen LogP contribution in [0.4, 0.5) is 18.9 Å². The Morgan fingerprint density at radius 2 is 1.82 bits per heavy atom. The van der Waals surface area contributed by atoms with Crippen LogP contribution in [0.25, 0.3) is 0 Å². The van der Waals surface area contributed by atoms with Gasteiger partial charge in [0.2, 0.25) is 0 Å². The molecule has 6 heteroatoms. The van der Waals surface area contributed by atoms with Gasteiger partial charge in [0.1, 0.15) is 0 Å². The molecule has 0 spiro atoms. The number of alkyl halides is 3. The highest BCUT2D eigenvalue weighted by atomic mass is 35.5. The minimum atomic E-state index is -4.40. The van der Waals surface area contributed by atoms with Gasteiger partial charge in [0, 0.05) is 31.9 Å². The van der Waals surface area contributed by atoms with Gasteiger partial charge in [0.15, 0.2) is 0 Å². The minimum absolute atomic E-state index is 0.253. The fraction of sp³-hybridized carbons (Fsp3) is 0.455. The molecule has 17 heavy (non-hydrogen) atoms. The molecular weight excluding hydrogens is 253 g/mol. The van der Waals surface area contributed by atoms with Crippen molar-refractivity contribution in [3.05, 3.63) is 28.8 Å². The molecule has 2 nitrogen and oxygen atoms in total. The summed E-state index contributed by atoms with van der Waals surface area (Å²) < 4.78 is 38.0. The molecule has 94 valence electrons. The molecule has 1 N–H and O–H groups in total.